The van der Waals surface area contributed by atoms with Crippen molar-refractivity contribution in [2.24, 2.45) is 0 Å². The van der Waals surface area contributed by atoms with Crippen molar-refractivity contribution in [2.45, 2.75) is 84.1 Å². The maximum Gasteiger partial charge on any atom is 0.229 e. The van der Waals surface area contributed by atoms with Crippen molar-refractivity contribution in [2.75, 3.05) is 4.90 Å². The Labute approximate surface area is 239 Å². The maximum atomic E-state index is 7.10. The SMILES string of the molecule is CC#CN1c2ccccc2C(C)(C)C1C/C=C1\CCCC(/C=C/C2=[N+](C#CC)c3ccccc3C2(C)C)=C1Cl. The number of rotatable bonds is 4. The average Bonchev–Trinajstić information content (AvgIpc) is 3.27. The van der Waals surface area contributed by atoms with Gasteiger partial charge in [-0.15, -0.1) is 4.58 Å². The van der Waals surface area contributed by atoms with Crippen LogP contribution in [0, 0.1) is 23.9 Å². The highest BCUT2D eigenvalue weighted by atomic mass is 35.5. The molecule has 3 heteroatoms. The largest absolute Gasteiger partial charge is 0.297 e. The van der Waals surface area contributed by atoms with Crippen molar-refractivity contribution in [1.82, 2.24) is 0 Å². The summed E-state index contributed by atoms with van der Waals surface area (Å²) in [6.45, 7) is 13.0. The van der Waals surface area contributed by atoms with Crippen LogP contribution in [0.2, 0.25) is 0 Å². The second-order valence-electron chi connectivity index (χ2n) is 11.7. The Bertz CT molecular complexity index is 1560. The minimum atomic E-state index is -0.135. The number of hydrogen-bond acceptors (Lipinski definition) is 1. The molecule has 1 atom stereocenters. The Morgan fingerprint density at radius 1 is 0.949 bits per heavy atom. The fourth-order valence-electron chi connectivity index (χ4n) is 6.49. The third-order valence-electron chi connectivity index (χ3n) is 8.64. The van der Waals surface area contributed by atoms with Gasteiger partial charge in [-0.2, -0.15) is 0 Å². The Morgan fingerprint density at radius 2 is 1.67 bits per heavy atom. The molecule has 0 bridgehead atoms. The van der Waals surface area contributed by atoms with Crippen molar-refractivity contribution in [3.8, 4) is 23.9 Å². The maximum absolute atomic E-state index is 7.10. The highest BCUT2D eigenvalue weighted by molar-refractivity contribution is 6.32. The first kappa shape index (κ1) is 27.1. The number of benzene rings is 2. The fourth-order valence-corrected chi connectivity index (χ4v) is 6.82. The monoisotopic (exact) mass is 533 g/mol. The van der Waals surface area contributed by atoms with Crippen molar-refractivity contribution < 1.29 is 4.58 Å². The van der Waals surface area contributed by atoms with Crippen LogP contribution >= 0.6 is 11.6 Å². The molecular formula is C36H38ClN2+. The summed E-state index contributed by atoms with van der Waals surface area (Å²) in [4.78, 5) is 2.27. The van der Waals surface area contributed by atoms with Gasteiger partial charge in [-0.05, 0) is 75.2 Å². The quantitative estimate of drug-likeness (QED) is 0.281. The molecule has 3 aliphatic rings. The highest BCUT2D eigenvalue weighted by Gasteiger charge is 2.45. The van der Waals surface area contributed by atoms with Gasteiger partial charge in [0.2, 0.25) is 17.4 Å². The predicted molar refractivity (Wildman–Crippen MR) is 166 cm³/mol. The van der Waals surface area contributed by atoms with Crippen LogP contribution in [0.3, 0.4) is 0 Å². The van der Waals surface area contributed by atoms with Gasteiger partial charge in [0.05, 0.1) is 17.1 Å². The lowest BCUT2D eigenvalue weighted by atomic mass is 9.78. The van der Waals surface area contributed by atoms with Gasteiger partial charge in [0.1, 0.15) is 0 Å². The Balaban J connectivity index is 1.45. The number of nitrogens with zero attached hydrogens (tertiary/aromatic N) is 2. The molecular weight excluding hydrogens is 496 g/mol. The first-order valence-corrected chi connectivity index (χ1v) is 14.4. The lowest BCUT2D eigenvalue weighted by Gasteiger charge is -2.31. The van der Waals surface area contributed by atoms with E-state index in [1.54, 1.807) is 0 Å². The Hall–Kier alpha value is -3.46. The van der Waals surface area contributed by atoms with Crippen LogP contribution in [0.1, 0.15) is 78.4 Å². The summed E-state index contributed by atoms with van der Waals surface area (Å²) in [5.74, 6) is 6.24. The van der Waals surface area contributed by atoms with E-state index in [-0.39, 0.29) is 16.9 Å². The third-order valence-corrected chi connectivity index (χ3v) is 9.13. The molecule has 2 aliphatic heterocycles. The number of para-hydroxylation sites is 2. The molecule has 5 rings (SSSR count). The van der Waals surface area contributed by atoms with Gasteiger partial charge in [-0.25, -0.2) is 0 Å². The number of anilines is 1. The van der Waals surface area contributed by atoms with Crippen LogP contribution in [0.4, 0.5) is 11.4 Å². The van der Waals surface area contributed by atoms with Crippen LogP contribution in [-0.4, -0.2) is 16.3 Å². The molecule has 39 heavy (non-hydrogen) atoms. The summed E-state index contributed by atoms with van der Waals surface area (Å²) in [6.07, 6.45) is 10.8. The fraction of sp³-hybridized carbons (Fsp3) is 0.361. The minimum absolute atomic E-state index is 0.00539. The normalized spacial score (nSPS) is 22.0. The van der Waals surface area contributed by atoms with E-state index in [1.807, 2.05) is 13.8 Å². The third kappa shape index (κ3) is 4.67. The van der Waals surface area contributed by atoms with E-state index in [2.05, 4.69) is 128 Å². The Kier molecular flexibility index (Phi) is 7.37. The van der Waals surface area contributed by atoms with E-state index >= 15 is 0 Å². The van der Waals surface area contributed by atoms with Crippen molar-refractivity contribution in [3.05, 3.63) is 94.1 Å². The topological polar surface area (TPSA) is 6.25 Å². The van der Waals surface area contributed by atoms with Crippen LogP contribution in [0.5, 0.6) is 0 Å². The van der Waals surface area contributed by atoms with Crippen LogP contribution in [0.25, 0.3) is 0 Å². The van der Waals surface area contributed by atoms with E-state index in [4.69, 9.17) is 11.6 Å². The molecule has 1 aliphatic carbocycles. The van der Waals surface area contributed by atoms with E-state index in [0.29, 0.717) is 0 Å². The summed E-state index contributed by atoms with van der Waals surface area (Å²) in [7, 11) is 0. The van der Waals surface area contributed by atoms with E-state index in [0.717, 1.165) is 30.7 Å². The van der Waals surface area contributed by atoms with E-state index in [1.165, 1.54) is 39.4 Å². The second kappa shape index (κ2) is 10.6. The van der Waals surface area contributed by atoms with Crippen molar-refractivity contribution in [1.29, 1.82) is 0 Å². The molecule has 2 aromatic rings. The summed E-state index contributed by atoms with van der Waals surface area (Å²) in [5.41, 5.74) is 8.56. The van der Waals surface area contributed by atoms with Crippen LogP contribution < -0.4 is 4.90 Å². The van der Waals surface area contributed by atoms with Crippen molar-refractivity contribution >= 4 is 28.7 Å². The van der Waals surface area contributed by atoms with Gasteiger partial charge in [0.25, 0.3) is 0 Å². The molecule has 2 nitrogen and oxygen atoms in total. The molecule has 2 heterocycles. The highest BCUT2D eigenvalue weighted by Crippen LogP contribution is 2.47. The predicted octanol–water partition coefficient (Wildman–Crippen LogP) is 8.74. The van der Waals surface area contributed by atoms with Crippen LogP contribution in [-0.2, 0) is 10.8 Å². The molecule has 0 amide bonds. The first-order chi connectivity index (χ1) is 18.7. The molecule has 2 aromatic carbocycles. The smallest absolute Gasteiger partial charge is 0.229 e. The molecule has 198 valence electrons. The lowest BCUT2D eigenvalue weighted by Crippen LogP contribution is -2.38. The average molecular weight is 534 g/mol. The molecule has 1 unspecified atom stereocenters. The van der Waals surface area contributed by atoms with E-state index < -0.39 is 0 Å². The number of hydrogen-bond donors (Lipinski definition) is 0. The molecule has 0 fully saturated rings. The molecule has 0 spiro atoms. The van der Waals surface area contributed by atoms with Gasteiger partial charge in [0, 0.05) is 41.1 Å². The Morgan fingerprint density at radius 3 is 2.41 bits per heavy atom. The van der Waals surface area contributed by atoms with Gasteiger partial charge in [0.15, 0.2) is 0 Å². The zero-order valence-electron chi connectivity index (χ0n) is 24.0. The molecule has 0 N–H and O–H groups in total. The number of allylic oxidation sites excluding steroid dienone is 5. The summed E-state index contributed by atoms with van der Waals surface area (Å²) in [6, 6.07) is 24.2. The molecule has 0 aromatic heterocycles. The summed E-state index contributed by atoms with van der Waals surface area (Å²) >= 11 is 7.10. The van der Waals surface area contributed by atoms with Crippen LogP contribution in [0.15, 0.2) is 82.9 Å². The van der Waals surface area contributed by atoms with Gasteiger partial charge in [-0.1, -0.05) is 79.9 Å². The van der Waals surface area contributed by atoms with Gasteiger partial charge < -0.3 is 0 Å². The minimum Gasteiger partial charge on any atom is -0.297 e. The molecule has 0 saturated carbocycles. The number of halogens is 1. The zero-order valence-corrected chi connectivity index (χ0v) is 24.8. The molecule has 0 radical (unpaired) electrons. The second-order valence-corrected chi connectivity index (χ2v) is 12.1. The number of fused-ring (bicyclic) bond motifs is 2. The first-order valence-electron chi connectivity index (χ1n) is 14.0. The van der Waals surface area contributed by atoms with Crippen molar-refractivity contribution in [3.63, 3.8) is 0 Å². The zero-order chi connectivity index (χ0) is 27.8. The van der Waals surface area contributed by atoms with E-state index in [9.17, 15) is 0 Å². The molecule has 0 saturated heterocycles. The summed E-state index contributed by atoms with van der Waals surface area (Å²) < 4.78 is 2.14. The standard InChI is InChI=1S/C36H38ClN2/c1-7-24-38-30-18-11-9-16-28(30)35(3,4)32(38)22-20-26-14-13-15-27(34(26)37)21-23-33-36(5,6)29-17-10-12-19-31(29)39(33)25-8-2/h9-12,16-22,33H,13-15,23H2,1-6H3/q+1/b22-20+,27-21+. The van der Waals surface area contributed by atoms with Gasteiger partial charge in [-0.3, -0.25) is 4.90 Å². The lowest BCUT2D eigenvalue weighted by molar-refractivity contribution is -0.332. The van der Waals surface area contributed by atoms with Gasteiger partial charge >= 0.3 is 0 Å². The summed E-state index contributed by atoms with van der Waals surface area (Å²) in [5, 5.41) is 0.904.